The molecule has 0 unspecified atom stereocenters. The van der Waals surface area contributed by atoms with Crippen LogP contribution in [0.2, 0.25) is 0 Å². The molecule has 0 aromatic heterocycles. The lowest BCUT2D eigenvalue weighted by Gasteiger charge is -2.07. The SMILES string of the molecule is [CH2-][OH+]Cc1ccccc1C[OH+][CH2-]. The summed E-state index contributed by atoms with van der Waals surface area (Å²) in [6.45, 7) is 1.32. The van der Waals surface area contributed by atoms with Crippen LogP contribution in [0.15, 0.2) is 24.3 Å². The van der Waals surface area contributed by atoms with E-state index in [9.17, 15) is 0 Å². The molecule has 0 atom stereocenters. The molecule has 66 valence electrons. The van der Waals surface area contributed by atoms with E-state index in [4.69, 9.17) is 0 Å². The minimum absolute atomic E-state index is 0.658. The molecule has 0 saturated carbocycles. The third kappa shape index (κ3) is 2.32. The molecule has 0 amide bonds. The highest BCUT2D eigenvalue weighted by molar-refractivity contribution is 5.25. The molecule has 0 heterocycles. The second-order valence-corrected chi connectivity index (χ2v) is 2.53. The van der Waals surface area contributed by atoms with Crippen LogP contribution in [0, 0.1) is 14.2 Å². The van der Waals surface area contributed by atoms with Crippen molar-refractivity contribution in [3.05, 3.63) is 49.6 Å². The molecule has 1 aromatic rings. The zero-order valence-electron chi connectivity index (χ0n) is 7.03. The molecule has 0 fully saturated rings. The molecular formula is C10H14O2. The Morgan fingerprint density at radius 1 is 0.917 bits per heavy atom. The first-order chi connectivity index (χ1) is 5.88. The van der Waals surface area contributed by atoms with Crippen molar-refractivity contribution in [1.82, 2.24) is 0 Å². The average molecular weight is 166 g/mol. The van der Waals surface area contributed by atoms with Crippen molar-refractivity contribution >= 4 is 0 Å². The van der Waals surface area contributed by atoms with Gasteiger partial charge in [-0.3, -0.25) is 0 Å². The highest BCUT2D eigenvalue weighted by atomic mass is 16.5. The summed E-state index contributed by atoms with van der Waals surface area (Å²) in [5.41, 5.74) is 2.36. The lowest BCUT2D eigenvalue weighted by molar-refractivity contribution is 0.0263. The molecule has 0 radical (unpaired) electrons. The van der Waals surface area contributed by atoms with Gasteiger partial charge in [-0.05, 0) is 0 Å². The third-order valence-electron chi connectivity index (χ3n) is 1.68. The molecule has 0 spiro atoms. The van der Waals surface area contributed by atoms with Gasteiger partial charge >= 0.3 is 0 Å². The van der Waals surface area contributed by atoms with Gasteiger partial charge in [0.05, 0.1) is 0 Å². The third-order valence-corrected chi connectivity index (χ3v) is 1.68. The van der Waals surface area contributed by atoms with E-state index in [1.165, 1.54) is 11.1 Å². The first kappa shape index (κ1) is 9.23. The van der Waals surface area contributed by atoms with Crippen molar-refractivity contribution in [3.63, 3.8) is 0 Å². The number of ether oxygens (including phenoxy) is 2. The summed E-state index contributed by atoms with van der Waals surface area (Å²) in [5.74, 6) is 0. The van der Waals surface area contributed by atoms with Crippen molar-refractivity contribution in [2.24, 2.45) is 0 Å². The molecule has 0 aliphatic heterocycles. The molecule has 2 heteroatoms. The lowest BCUT2D eigenvalue weighted by atomic mass is 10.1. The fourth-order valence-corrected chi connectivity index (χ4v) is 1.11. The Hall–Kier alpha value is -0.860. The smallest absolute Gasteiger partial charge is 0.146 e. The molecule has 2 nitrogen and oxygen atoms in total. The quantitative estimate of drug-likeness (QED) is 0.476. The van der Waals surface area contributed by atoms with E-state index in [0.29, 0.717) is 13.2 Å². The molecule has 1 rings (SSSR count). The molecule has 0 aliphatic carbocycles. The second kappa shape index (κ2) is 4.91. The van der Waals surface area contributed by atoms with Crippen molar-refractivity contribution in [2.45, 2.75) is 13.2 Å². The van der Waals surface area contributed by atoms with Crippen LogP contribution in [0.5, 0.6) is 0 Å². The van der Waals surface area contributed by atoms with Gasteiger partial charge < -0.3 is 9.47 Å². The van der Waals surface area contributed by atoms with Gasteiger partial charge in [-0.15, -0.1) is 0 Å². The standard InChI is InChI=1S/C10H14O2/c1-11-7-9-5-3-4-6-10(9)8-12-2/h3-6,11-12H,1-2,7-8H2. The van der Waals surface area contributed by atoms with Gasteiger partial charge in [-0.1, -0.05) is 38.5 Å². The van der Waals surface area contributed by atoms with E-state index < -0.39 is 0 Å². The molecule has 1 aromatic carbocycles. The Labute approximate surface area is 73.1 Å². The van der Waals surface area contributed by atoms with Gasteiger partial charge in [-0.25, -0.2) is 0 Å². The van der Waals surface area contributed by atoms with Gasteiger partial charge in [0.2, 0.25) is 0 Å². The molecular weight excluding hydrogens is 152 g/mol. The largest absolute Gasteiger partial charge is 0.578 e. The second-order valence-electron chi connectivity index (χ2n) is 2.53. The van der Waals surface area contributed by atoms with Crippen molar-refractivity contribution in [2.75, 3.05) is 0 Å². The summed E-state index contributed by atoms with van der Waals surface area (Å²) >= 11 is 0. The average Bonchev–Trinajstić information content (AvgIpc) is 2.09. The summed E-state index contributed by atoms with van der Waals surface area (Å²) in [6, 6.07) is 8.06. The first-order valence-electron chi connectivity index (χ1n) is 3.80. The Kier molecular flexibility index (Phi) is 3.77. The highest BCUT2D eigenvalue weighted by Gasteiger charge is 2.01. The molecule has 12 heavy (non-hydrogen) atoms. The zero-order valence-corrected chi connectivity index (χ0v) is 7.03. The molecule has 2 N–H and O–H groups in total. The Bertz CT molecular complexity index is 208. The zero-order chi connectivity index (χ0) is 8.81. The first-order valence-corrected chi connectivity index (χ1v) is 3.80. The van der Waals surface area contributed by atoms with Crippen LogP contribution in [-0.4, -0.2) is 9.47 Å². The monoisotopic (exact) mass is 166 g/mol. The van der Waals surface area contributed by atoms with E-state index in [1.807, 2.05) is 24.3 Å². The number of hydrogen-bond acceptors (Lipinski definition) is 0. The maximum absolute atomic E-state index is 3.84. The number of aliphatic hydroxyl groups is 4. The lowest BCUT2D eigenvalue weighted by Crippen LogP contribution is -1.99. The van der Waals surface area contributed by atoms with Crippen LogP contribution in [-0.2, 0) is 13.2 Å². The Morgan fingerprint density at radius 2 is 1.33 bits per heavy atom. The summed E-state index contributed by atoms with van der Waals surface area (Å²) in [6.07, 6.45) is 0. The summed E-state index contributed by atoms with van der Waals surface area (Å²) < 4.78 is 7.67. The van der Waals surface area contributed by atoms with E-state index in [-0.39, 0.29) is 0 Å². The molecule has 0 aliphatic rings. The van der Waals surface area contributed by atoms with Crippen LogP contribution in [0.25, 0.3) is 0 Å². The summed E-state index contributed by atoms with van der Waals surface area (Å²) in [4.78, 5) is 0. The Morgan fingerprint density at radius 3 is 1.67 bits per heavy atom. The maximum atomic E-state index is 3.84. The van der Waals surface area contributed by atoms with E-state index >= 15 is 0 Å². The van der Waals surface area contributed by atoms with Crippen LogP contribution in [0.3, 0.4) is 0 Å². The van der Waals surface area contributed by atoms with Gasteiger partial charge in [0.25, 0.3) is 0 Å². The number of hydrogen-bond donors (Lipinski definition) is 0. The van der Waals surface area contributed by atoms with Crippen molar-refractivity contribution in [1.29, 1.82) is 0 Å². The fourth-order valence-electron chi connectivity index (χ4n) is 1.11. The minimum atomic E-state index is 0.658. The van der Waals surface area contributed by atoms with Gasteiger partial charge in [-0.2, -0.15) is 0 Å². The van der Waals surface area contributed by atoms with Crippen LogP contribution < -0.4 is 0 Å². The number of benzene rings is 1. The van der Waals surface area contributed by atoms with Gasteiger partial charge in [0, 0.05) is 11.1 Å². The topological polar surface area (TPSA) is 25.6 Å². The van der Waals surface area contributed by atoms with Crippen LogP contribution in [0.1, 0.15) is 11.1 Å². The molecule has 0 saturated heterocycles. The van der Waals surface area contributed by atoms with Crippen LogP contribution >= 0.6 is 0 Å². The maximum Gasteiger partial charge on any atom is 0.146 e. The number of rotatable bonds is 4. The van der Waals surface area contributed by atoms with Crippen molar-refractivity contribution < 1.29 is 9.47 Å². The Balaban J connectivity index is 2.77. The van der Waals surface area contributed by atoms with Gasteiger partial charge in [0.1, 0.15) is 13.2 Å². The highest BCUT2D eigenvalue weighted by Crippen LogP contribution is 2.09. The van der Waals surface area contributed by atoms with Crippen molar-refractivity contribution in [3.8, 4) is 0 Å². The predicted molar refractivity (Wildman–Crippen MR) is 49.0 cm³/mol. The molecule has 0 bridgehead atoms. The van der Waals surface area contributed by atoms with Crippen LogP contribution in [0.4, 0.5) is 0 Å². The summed E-state index contributed by atoms with van der Waals surface area (Å²) in [7, 11) is 6.92. The van der Waals surface area contributed by atoms with E-state index in [1.54, 1.807) is 0 Å². The fraction of sp³-hybridized carbons (Fsp3) is 0.200. The van der Waals surface area contributed by atoms with E-state index in [2.05, 4.69) is 23.7 Å². The normalized spacial score (nSPS) is 10.2. The van der Waals surface area contributed by atoms with Gasteiger partial charge in [0.15, 0.2) is 0 Å². The summed E-state index contributed by atoms with van der Waals surface area (Å²) in [5, 5.41) is 0. The minimum Gasteiger partial charge on any atom is -0.578 e. The predicted octanol–water partition coefficient (Wildman–Crippen LogP) is 1.33. The van der Waals surface area contributed by atoms with E-state index in [0.717, 1.165) is 0 Å².